The van der Waals surface area contributed by atoms with Crippen LogP contribution in [0.2, 0.25) is 0 Å². The van der Waals surface area contributed by atoms with E-state index in [2.05, 4.69) is 10.2 Å². The van der Waals surface area contributed by atoms with Gasteiger partial charge in [0.05, 0.1) is 40.0 Å². The minimum absolute atomic E-state index is 0.00636. The lowest BCUT2D eigenvalue weighted by molar-refractivity contribution is -0.385. The Balaban J connectivity index is 2.01. The number of hydrogen-bond acceptors (Lipinski definition) is 8. The number of nitriles is 1. The summed E-state index contributed by atoms with van der Waals surface area (Å²) in [5.74, 6) is 0. The van der Waals surface area contributed by atoms with E-state index < -0.39 is 15.2 Å². The van der Waals surface area contributed by atoms with Crippen LogP contribution < -0.4 is 9.73 Å². The van der Waals surface area contributed by atoms with Crippen LogP contribution >= 0.6 is 0 Å². The molecule has 12 nitrogen and oxygen atoms in total. The quantitative estimate of drug-likeness (QED) is 0.332. The van der Waals surface area contributed by atoms with E-state index in [1.807, 2.05) is 6.07 Å². The number of nitro benzene ring substituents is 1. The van der Waals surface area contributed by atoms with Crippen molar-refractivity contribution in [1.82, 2.24) is 14.9 Å². The zero-order valence-electron chi connectivity index (χ0n) is 14.6. The highest BCUT2D eigenvalue weighted by atomic mass is 32.2. The Bertz CT molecular complexity index is 1170. The first-order valence-electron chi connectivity index (χ1n) is 7.92. The van der Waals surface area contributed by atoms with Gasteiger partial charge in [0.15, 0.2) is 0 Å². The summed E-state index contributed by atoms with van der Waals surface area (Å²) in [5.41, 5.74) is 0.804. The van der Waals surface area contributed by atoms with E-state index in [1.165, 1.54) is 29.5 Å². The second-order valence-corrected chi connectivity index (χ2v) is 6.89. The van der Waals surface area contributed by atoms with E-state index in [0.29, 0.717) is 11.3 Å². The second kappa shape index (κ2) is 7.92. The number of nitrogens with zero attached hydrogens (tertiary/aromatic N) is 6. The van der Waals surface area contributed by atoms with Gasteiger partial charge in [0.1, 0.15) is 12.7 Å². The summed E-state index contributed by atoms with van der Waals surface area (Å²) in [4.78, 5) is 10.8. The van der Waals surface area contributed by atoms with Crippen LogP contribution in [-0.2, 0) is 16.8 Å². The molecule has 0 aliphatic heterocycles. The van der Waals surface area contributed by atoms with Crippen molar-refractivity contribution in [3.8, 4) is 6.07 Å². The maximum absolute atomic E-state index is 11.5. The maximum atomic E-state index is 11.5. The van der Waals surface area contributed by atoms with E-state index in [-0.39, 0.29) is 23.5 Å². The van der Waals surface area contributed by atoms with Crippen LogP contribution in [0.5, 0.6) is 0 Å². The summed E-state index contributed by atoms with van der Waals surface area (Å²) in [7, 11) is -4.57. The van der Waals surface area contributed by atoms with Crippen LogP contribution in [0.15, 0.2) is 55.1 Å². The average molecular weight is 415 g/mol. The van der Waals surface area contributed by atoms with E-state index in [1.54, 1.807) is 34.0 Å². The Kier molecular flexibility index (Phi) is 5.39. The van der Waals surface area contributed by atoms with Crippen molar-refractivity contribution in [3.05, 3.63) is 76.4 Å². The fraction of sp³-hybridized carbons (Fsp3) is 0.0625. The third kappa shape index (κ3) is 4.83. The smallest absolute Gasteiger partial charge is 0.274 e. The van der Waals surface area contributed by atoms with Crippen LogP contribution in [0, 0.1) is 21.4 Å². The lowest BCUT2D eigenvalue weighted by atomic mass is 10.1. The van der Waals surface area contributed by atoms with Gasteiger partial charge in [-0.25, -0.2) is 4.68 Å². The highest BCUT2D eigenvalue weighted by molar-refractivity contribution is 7.87. The van der Waals surface area contributed by atoms with Gasteiger partial charge in [-0.1, -0.05) is 0 Å². The monoisotopic (exact) mass is 415 g/mol. The minimum Gasteiger partial charge on any atom is -0.274 e. The molecule has 0 aliphatic carbocycles. The third-order valence-electron chi connectivity index (χ3n) is 3.83. The van der Waals surface area contributed by atoms with Crippen molar-refractivity contribution in [3.63, 3.8) is 0 Å². The summed E-state index contributed by atoms with van der Waals surface area (Å²) >= 11 is 0. The van der Waals surface area contributed by atoms with E-state index in [0.717, 1.165) is 6.07 Å². The molecule has 0 saturated heterocycles. The normalized spacial score (nSPS) is 10.9. The molecule has 0 saturated carbocycles. The average Bonchev–Trinajstić information content (AvgIpc) is 3.20. The minimum atomic E-state index is -4.57. The van der Waals surface area contributed by atoms with Gasteiger partial charge >= 0.3 is 10.3 Å². The first-order valence-corrected chi connectivity index (χ1v) is 9.36. The van der Waals surface area contributed by atoms with Crippen LogP contribution in [0.25, 0.3) is 0 Å². The number of hydrogen-bond donors (Lipinski definition) is 2. The maximum Gasteiger partial charge on any atom is 0.357 e. The zero-order chi connectivity index (χ0) is 21.0. The summed E-state index contributed by atoms with van der Waals surface area (Å²) in [6, 6.07) is 12.2. The lowest BCUT2D eigenvalue weighted by Crippen LogP contribution is -2.28. The molecule has 0 aliphatic rings. The van der Waals surface area contributed by atoms with Crippen LogP contribution in [0.3, 0.4) is 0 Å². The Hall–Kier alpha value is -4.02. The molecule has 3 aromatic rings. The Morgan fingerprint density at radius 2 is 1.86 bits per heavy atom. The Morgan fingerprint density at radius 1 is 1.21 bits per heavy atom. The standard InChI is InChI=1S/C16H13N7O5S/c17-8-12-1-5-15(6-2-12)22(21-10-18-19-11-21)9-13-3-4-14(20-29(26,27)28)7-16(13)23(24)25/h1-7,10-11,20H,9H2,(H,26,27,28). The van der Waals surface area contributed by atoms with Gasteiger partial charge in [0, 0.05) is 6.07 Å². The van der Waals surface area contributed by atoms with Gasteiger partial charge in [0.2, 0.25) is 0 Å². The molecule has 2 N–H and O–H groups in total. The van der Waals surface area contributed by atoms with Gasteiger partial charge in [-0.05, 0) is 36.4 Å². The number of rotatable bonds is 7. The molecule has 29 heavy (non-hydrogen) atoms. The molecule has 0 fully saturated rings. The highest BCUT2D eigenvalue weighted by Crippen LogP contribution is 2.27. The molecular weight excluding hydrogens is 402 g/mol. The molecule has 0 bridgehead atoms. The van der Waals surface area contributed by atoms with Crippen molar-refractivity contribution >= 4 is 27.4 Å². The SMILES string of the molecule is N#Cc1ccc(N(Cc2ccc(NS(=O)(=O)O)cc2[N+](=O)[O-])n2cnnc2)cc1. The summed E-state index contributed by atoms with van der Waals surface area (Å²) < 4.78 is 34.1. The van der Waals surface area contributed by atoms with E-state index >= 15 is 0 Å². The van der Waals surface area contributed by atoms with Crippen molar-refractivity contribution in [2.24, 2.45) is 0 Å². The molecule has 0 spiro atoms. The second-order valence-electron chi connectivity index (χ2n) is 5.74. The van der Waals surface area contributed by atoms with Gasteiger partial charge in [0.25, 0.3) is 5.69 Å². The summed E-state index contributed by atoms with van der Waals surface area (Å²) in [6.07, 6.45) is 2.80. The molecule has 2 aromatic carbocycles. The van der Waals surface area contributed by atoms with E-state index in [4.69, 9.17) is 9.81 Å². The first kappa shape index (κ1) is 19.7. The van der Waals surface area contributed by atoms with Crippen molar-refractivity contribution < 1.29 is 17.9 Å². The highest BCUT2D eigenvalue weighted by Gasteiger charge is 2.20. The number of benzene rings is 2. The first-order chi connectivity index (χ1) is 13.8. The fourth-order valence-electron chi connectivity index (χ4n) is 2.58. The van der Waals surface area contributed by atoms with Crippen molar-refractivity contribution in [2.75, 3.05) is 9.73 Å². The number of nitrogens with one attached hydrogen (secondary N) is 1. The molecule has 0 unspecified atom stereocenters. The molecule has 0 amide bonds. The number of nitro groups is 1. The Morgan fingerprint density at radius 3 is 2.41 bits per heavy atom. The van der Waals surface area contributed by atoms with Gasteiger partial charge in [-0.3, -0.25) is 24.4 Å². The lowest BCUT2D eigenvalue weighted by Gasteiger charge is -2.25. The van der Waals surface area contributed by atoms with Crippen LogP contribution in [-0.4, -0.2) is 32.8 Å². The molecule has 0 radical (unpaired) electrons. The van der Waals surface area contributed by atoms with Crippen molar-refractivity contribution in [2.45, 2.75) is 6.54 Å². The molecule has 1 aromatic heterocycles. The predicted octanol–water partition coefficient (Wildman–Crippen LogP) is 1.74. The molecule has 148 valence electrons. The molecule has 1 heterocycles. The Labute approximate surface area is 164 Å². The number of aromatic nitrogens is 3. The van der Waals surface area contributed by atoms with E-state index in [9.17, 15) is 18.5 Å². The van der Waals surface area contributed by atoms with Gasteiger partial charge < -0.3 is 0 Å². The van der Waals surface area contributed by atoms with Crippen LogP contribution in [0.1, 0.15) is 11.1 Å². The fourth-order valence-corrected chi connectivity index (χ4v) is 3.00. The molecular formula is C16H13N7O5S. The summed E-state index contributed by atoms with van der Waals surface area (Å²) in [6.45, 7) is 0.00636. The zero-order valence-corrected chi connectivity index (χ0v) is 15.4. The van der Waals surface area contributed by atoms with Crippen LogP contribution in [0.4, 0.5) is 17.1 Å². The summed E-state index contributed by atoms with van der Waals surface area (Å²) in [5, 5.41) is 29.6. The predicted molar refractivity (Wildman–Crippen MR) is 101 cm³/mol. The molecule has 13 heteroatoms. The number of anilines is 2. The largest absolute Gasteiger partial charge is 0.357 e. The molecule has 3 rings (SSSR count). The van der Waals surface area contributed by atoms with Gasteiger partial charge in [-0.2, -0.15) is 13.7 Å². The van der Waals surface area contributed by atoms with Gasteiger partial charge in [-0.15, -0.1) is 10.2 Å². The topological polar surface area (TPSA) is 167 Å². The molecule has 0 atom stereocenters. The third-order valence-corrected chi connectivity index (χ3v) is 4.32. The van der Waals surface area contributed by atoms with Crippen molar-refractivity contribution in [1.29, 1.82) is 5.26 Å².